The Morgan fingerprint density at radius 1 is 1.15 bits per heavy atom. The van der Waals surface area contributed by atoms with Gasteiger partial charge < -0.3 is 5.32 Å². The Balaban J connectivity index is 1.55. The number of hydrogen-bond acceptors (Lipinski definition) is 5. The molecule has 1 aromatic heterocycles. The number of carbonyl (C=O) groups excluding carboxylic acids is 1. The topological polar surface area (TPSA) is 98.4 Å². The van der Waals surface area contributed by atoms with Crippen LogP contribution in [0, 0.1) is 13.8 Å². The number of amides is 1. The molecule has 1 aliphatic heterocycles. The van der Waals surface area contributed by atoms with Crippen LogP contribution in [0.15, 0.2) is 35.2 Å². The van der Waals surface area contributed by atoms with Crippen LogP contribution in [-0.2, 0) is 14.8 Å². The van der Waals surface area contributed by atoms with E-state index >= 15 is 0 Å². The Morgan fingerprint density at radius 2 is 1.81 bits per heavy atom. The minimum Gasteiger partial charge on any atom is -0.322 e. The SMILES string of the molecule is Cc1n[nH]c(C)c1NC(=O)CN1CCN(S(=O)(=O)c2ccccc2)CC1. The third kappa shape index (κ3) is 3.95. The number of H-pyrrole nitrogens is 1. The zero-order chi connectivity index (χ0) is 18.7. The van der Waals surface area contributed by atoms with E-state index in [1.165, 1.54) is 4.31 Å². The summed E-state index contributed by atoms with van der Waals surface area (Å²) in [6.07, 6.45) is 0. The molecule has 26 heavy (non-hydrogen) atoms. The van der Waals surface area contributed by atoms with Crippen LogP contribution in [0.25, 0.3) is 0 Å². The molecule has 2 heterocycles. The number of hydrogen-bond donors (Lipinski definition) is 2. The first-order valence-electron chi connectivity index (χ1n) is 8.47. The van der Waals surface area contributed by atoms with Gasteiger partial charge in [0.25, 0.3) is 0 Å². The first-order valence-corrected chi connectivity index (χ1v) is 9.91. The van der Waals surface area contributed by atoms with Gasteiger partial charge in [-0.3, -0.25) is 14.8 Å². The number of sulfonamides is 1. The molecule has 1 aromatic carbocycles. The molecule has 8 nitrogen and oxygen atoms in total. The minimum atomic E-state index is -3.47. The maximum absolute atomic E-state index is 12.6. The van der Waals surface area contributed by atoms with Crippen molar-refractivity contribution in [3.05, 3.63) is 41.7 Å². The second-order valence-electron chi connectivity index (χ2n) is 6.35. The number of aromatic nitrogens is 2. The van der Waals surface area contributed by atoms with Gasteiger partial charge in [-0.15, -0.1) is 0 Å². The monoisotopic (exact) mass is 377 g/mol. The number of rotatable bonds is 5. The van der Waals surface area contributed by atoms with Crippen molar-refractivity contribution >= 4 is 21.6 Å². The number of piperazine rings is 1. The average molecular weight is 377 g/mol. The van der Waals surface area contributed by atoms with Crippen LogP contribution in [0.3, 0.4) is 0 Å². The molecule has 0 aliphatic carbocycles. The van der Waals surface area contributed by atoms with Gasteiger partial charge in [0.2, 0.25) is 15.9 Å². The van der Waals surface area contributed by atoms with Crippen LogP contribution in [0.2, 0.25) is 0 Å². The molecule has 2 aromatic rings. The van der Waals surface area contributed by atoms with Crippen LogP contribution >= 0.6 is 0 Å². The van der Waals surface area contributed by atoms with Gasteiger partial charge in [-0.25, -0.2) is 8.42 Å². The van der Waals surface area contributed by atoms with Crippen molar-refractivity contribution in [2.45, 2.75) is 18.7 Å². The number of carbonyl (C=O) groups is 1. The van der Waals surface area contributed by atoms with Crippen molar-refractivity contribution in [1.29, 1.82) is 0 Å². The highest BCUT2D eigenvalue weighted by Crippen LogP contribution is 2.18. The van der Waals surface area contributed by atoms with Gasteiger partial charge in [0.05, 0.1) is 28.5 Å². The summed E-state index contributed by atoms with van der Waals surface area (Å²) in [7, 11) is -3.47. The van der Waals surface area contributed by atoms with Crippen molar-refractivity contribution < 1.29 is 13.2 Å². The summed E-state index contributed by atoms with van der Waals surface area (Å²) < 4.78 is 26.7. The molecule has 1 amide bonds. The van der Waals surface area contributed by atoms with Crippen LogP contribution < -0.4 is 5.32 Å². The molecule has 0 bridgehead atoms. The lowest BCUT2D eigenvalue weighted by Crippen LogP contribution is -2.50. The molecule has 1 fully saturated rings. The Kier molecular flexibility index (Phi) is 5.40. The van der Waals surface area contributed by atoms with E-state index in [9.17, 15) is 13.2 Å². The Hall–Kier alpha value is -2.23. The lowest BCUT2D eigenvalue weighted by molar-refractivity contribution is -0.117. The molecule has 0 radical (unpaired) electrons. The highest BCUT2D eigenvalue weighted by Gasteiger charge is 2.29. The molecule has 0 unspecified atom stereocenters. The number of benzene rings is 1. The molecule has 9 heteroatoms. The van der Waals surface area contributed by atoms with E-state index in [2.05, 4.69) is 15.5 Å². The predicted octanol–water partition coefficient (Wildman–Crippen LogP) is 0.972. The number of anilines is 1. The fraction of sp³-hybridized carbons (Fsp3) is 0.412. The average Bonchev–Trinajstić information content (AvgIpc) is 2.95. The van der Waals surface area contributed by atoms with Crippen molar-refractivity contribution in [1.82, 2.24) is 19.4 Å². The summed E-state index contributed by atoms with van der Waals surface area (Å²) in [4.78, 5) is 14.5. The van der Waals surface area contributed by atoms with Crippen LogP contribution in [0.4, 0.5) is 5.69 Å². The van der Waals surface area contributed by atoms with Gasteiger partial charge in [-0.2, -0.15) is 9.40 Å². The molecule has 140 valence electrons. The summed E-state index contributed by atoms with van der Waals surface area (Å²) in [6, 6.07) is 8.43. The molecular weight excluding hydrogens is 354 g/mol. The standard InChI is InChI=1S/C17H23N5O3S/c1-13-17(14(2)20-19-13)18-16(23)12-21-8-10-22(11-9-21)26(24,25)15-6-4-3-5-7-15/h3-7H,8-12H2,1-2H3,(H,18,23)(H,19,20). The van der Waals surface area contributed by atoms with Crippen molar-refractivity contribution in [2.24, 2.45) is 0 Å². The first kappa shape index (κ1) is 18.6. The van der Waals surface area contributed by atoms with E-state index in [0.29, 0.717) is 36.8 Å². The molecule has 1 saturated heterocycles. The molecule has 2 N–H and O–H groups in total. The second-order valence-corrected chi connectivity index (χ2v) is 8.29. The van der Waals surface area contributed by atoms with Crippen LogP contribution in [-0.4, -0.2) is 66.5 Å². The fourth-order valence-corrected chi connectivity index (χ4v) is 4.43. The smallest absolute Gasteiger partial charge is 0.243 e. The molecule has 1 aliphatic rings. The highest BCUT2D eigenvalue weighted by molar-refractivity contribution is 7.89. The molecule has 0 spiro atoms. The van der Waals surface area contributed by atoms with E-state index in [1.54, 1.807) is 30.3 Å². The molecule has 3 rings (SSSR count). The lowest BCUT2D eigenvalue weighted by atomic mass is 10.3. The van der Waals surface area contributed by atoms with Gasteiger partial charge in [-0.1, -0.05) is 18.2 Å². The number of aryl methyl sites for hydroxylation is 2. The Bertz CT molecular complexity index is 852. The van der Waals surface area contributed by atoms with Gasteiger partial charge >= 0.3 is 0 Å². The largest absolute Gasteiger partial charge is 0.322 e. The molecular formula is C17H23N5O3S. The Labute approximate surface area is 153 Å². The summed E-state index contributed by atoms with van der Waals surface area (Å²) in [5.74, 6) is -0.128. The zero-order valence-corrected chi connectivity index (χ0v) is 15.7. The van der Waals surface area contributed by atoms with Crippen molar-refractivity contribution in [3.63, 3.8) is 0 Å². The third-order valence-electron chi connectivity index (χ3n) is 4.47. The second kappa shape index (κ2) is 7.56. The number of nitrogens with one attached hydrogen (secondary N) is 2. The zero-order valence-electron chi connectivity index (χ0n) is 14.9. The maximum atomic E-state index is 12.6. The van der Waals surface area contributed by atoms with E-state index in [4.69, 9.17) is 0 Å². The van der Waals surface area contributed by atoms with Crippen molar-refractivity contribution in [2.75, 3.05) is 38.0 Å². The minimum absolute atomic E-state index is 0.128. The fourth-order valence-electron chi connectivity index (χ4n) is 2.99. The van der Waals surface area contributed by atoms with E-state index in [-0.39, 0.29) is 12.5 Å². The van der Waals surface area contributed by atoms with Crippen LogP contribution in [0.1, 0.15) is 11.4 Å². The lowest BCUT2D eigenvalue weighted by Gasteiger charge is -2.33. The van der Waals surface area contributed by atoms with Gasteiger partial charge in [0.15, 0.2) is 0 Å². The normalized spacial score (nSPS) is 16.5. The highest BCUT2D eigenvalue weighted by atomic mass is 32.2. The molecule has 0 atom stereocenters. The van der Waals surface area contributed by atoms with E-state index < -0.39 is 10.0 Å². The maximum Gasteiger partial charge on any atom is 0.243 e. The third-order valence-corrected chi connectivity index (χ3v) is 6.38. The van der Waals surface area contributed by atoms with Gasteiger partial charge in [-0.05, 0) is 26.0 Å². The quantitative estimate of drug-likeness (QED) is 0.809. The van der Waals surface area contributed by atoms with Crippen molar-refractivity contribution in [3.8, 4) is 0 Å². The predicted molar refractivity (Wildman–Crippen MR) is 98.3 cm³/mol. The van der Waals surface area contributed by atoms with E-state index in [1.807, 2.05) is 18.7 Å². The van der Waals surface area contributed by atoms with Gasteiger partial charge in [0, 0.05) is 26.2 Å². The first-order chi connectivity index (χ1) is 12.4. The van der Waals surface area contributed by atoms with Crippen LogP contribution in [0.5, 0.6) is 0 Å². The Morgan fingerprint density at radius 3 is 2.38 bits per heavy atom. The summed E-state index contributed by atoms with van der Waals surface area (Å²) in [5, 5.41) is 9.75. The summed E-state index contributed by atoms with van der Waals surface area (Å²) >= 11 is 0. The summed E-state index contributed by atoms with van der Waals surface area (Å²) in [5.41, 5.74) is 2.27. The summed E-state index contributed by atoms with van der Waals surface area (Å²) in [6.45, 7) is 5.67. The number of nitrogens with zero attached hydrogens (tertiary/aromatic N) is 3. The molecule has 0 saturated carbocycles. The van der Waals surface area contributed by atoms with E-state index in [0.717, 1.165) is 11.4 Å². The number of aromatic amines is 1. The van der Waals surface area contributed by atoms with Gasteiger partial charge in [0.1, 0.15) is 0 Å².